The van der Waals surface area contributed by atoms with Crippen molar-refractivity contribution in [2.45, 2.75) is 69.0 Å². The van der Waals surface area contributed by atoms with Crippen molar-refractivity contribution < 1.29 is 27.9 Å². The number of fused-ring (bicyclic) bond motifs is 1. The number of hydrogen-bond acceptors (Lipinski definition) is 6. The van der Waals surface area contributed by atoms with Crippen LogP contribution in [0.15, 0.2) is 12.2 Å². The number of nitrogens with zero attached hydrogens (tertiary/aromatic N) is 2. The number of carbonyl (C=O) groups is 2. The summed E-state index contributed by atoms with van der Waals surface area (Å²) in [4.78, 5) is 26.3. The van der Waals surface area contributed by atoms with Gasteiger partial charge >= 0.3 is 6.18 Å². The third-order valence-electron chi connectivity index (χ3n) is 7.24. The average molecular weight is 460 g/mol. The molecular formula is C21H32F3N5O3. The number of aliphatic hydroxyl groups excluding tert-OH is 1. The Morgan fingerprint density at radius 1 is 1.22 bits per heavy atom. The van der Waals surface area contributed by atoms with Gasteiger partial charge in [0.1, 0.15) is 6.04 Å². The van der Waals surface area contributed by atoms with E-state index in [-0.39, 0.29) is 56.2 Å². The smallest absolute Gasteiger partial charge is 0.392 e. The van der Waals surface area contributed by atoms with E-state index in [0.29, 0.717) is 32.2 Å². The fourth-order valence-corrected chi connectivity index (χ4v) is 5.64. The Labute approximate surface area is 185 Å². The van der Waals surface area contributed by atoms with Crippen LogP contribution in [0.1, 0.15) is 38.5 Å². The number of β-amino-alcohol motifs (C(OH)–C–C–N with tert-alkyl or cyclic N) is 1. The van der Waals surface area contributed by atoms with Crippen molar-refractivity contribution in [3.63, 3.8) is 0 Å². The molecule has 1 aliphatic carbocycles. The molecule has 0 aromatic heterocycles. The first-order valence-corrected chi connectivity index (χ1v) is 11.5. The minimum absolute atomic E-state index is 0.0932. The van der Waals surface area contributed by atoms with Crippen LogP contribution in [0.3, 0.4) is 0 Å². The molecule has 4 aliphatic rings. The number of hydrazine groups is 1. The number of aliphatic hydroxyl groups is 1. The zero-order valence-electron chi connectivity index (χ0n) is 18.0. The highest BCUT2D eigenvalue weighted by atomic mass is 19.4. The molecule has 0 aromatic carbocycles. The number of halogens is 3. The van der Waals surface area contributed by atoms with Crippen LogP contribution in [0, 0.1) is 11.8 Å². The number of carbonyl (C=O) groups excluding carboxylic acids is 2. The quantitative estimate of drug-likeness (QED) is 0.478. The molecule has 6 unspecified atom stereocenters. The summed E-state index contributed by atoms with van der Waals surface area (Å²) in [6.45, 7) is 0.712. The van der Waals surface area contributed by atoms with Gasteiger partial charge in [-0.15, -0.1) is 0 Å². The van der Waals surface area contributed by atoms with E-state index in [2.05, 4.69) is 16.1 Å². The van der Waals surface area contributed by atoms with Crippen molar-refractivity contribution in [2.75, 3.05) is 26.2 Å². The van der Waals surface area contributed by atoms with E-state index in [1.54, 1.807) is 11.1 Å². The Morgan fingerprint density at radius 3 is 2.75 bits per heavy atom. The van der Waals surface area contributed by atoms with Crippen LogP contribution in [0.4, 0.5) is 13.2 Å². The lowest BCUT2D eigenvalue weighted by Crippen LogP contribution is -2.63. The second-order valence-corrected chi connectivity index (χ2v) is 9.24. The Bertz CT molecular complexity index is 734. The molecule has 4 rings (SSSR count). The second-order valence-electron chi connectivity index (χ2n) is 9.24. The summed E-state index contributed by atoms with van der Waals surface area (Å²) in [7, 11) is 0. The zero-order chi connectivity index (χ0) is 22.9. The van der Waals surface area contributed by atoms with E-state index in [1.165, 1.54) is 11.0 Å². The van der Waals surface area contributed by atoms with Gasteiger partial charge in [0.05, 0.1) is 24.7 Å². The number of alkyl halides is 3. The maximum Gasteiger partial charge on any atom is 0.392 e. The largest absolute Gasteiger partial charge is 0.395 e. The molecule has 32 heavy (non-hydrogen) atoms. The molecule has 0 radical (unpaired) electrons. The molecule has 1 saturated carbocycles. The molecule has 0 spiro atoms. The molecule has 3 aliphatic heterocycles. The highest BCUT2D eigenvalue weighted by Crippen LogP contribution is 2.44. The molecule has 8 nitrogen and oxygen atoms in total. The lowest BCUT2D eigenvalue weighted by atomic mass is 9.73. The Morgan fingerprint density at radius 2 is 2.00 bits per heavy atom. The van der Waals surface area contributed by atoms with Crippen LogP contribution in [0.5, 0.6) is 0 Å². The summed E-state index contributed by atoms with van der Waals surface area (Å²) in [6, 6.07) is -1.23. The molecule has 180 valence electrons. The van der Waals surface area contributed by atoms with Crippen LogP contribution < -0.4 is 16.1 Å². The minimum atomic E-state index is -4.20. The SMILES string of the molecule is O=C(NC1C=CC(=O)N(CCO)C1)C1CNC2CCC(C3CCCCC3C(F)(F)F)NN21. The summed E-state index contributed by atoms with van der Waals surface area (Å²) in [5.74, 6) is -2.22. The summed E-state index contributed by atoms with van der Waals surface area (Å²) in [5, 5.41) is 17.1. The van der Waals surface area contributed by atoms with E-state index in [9.17, 15) is 22.8 Å². The molecule has 2 amide bonds. The van der Waals surface area contributed by atoms with Crippen LogP contribution >= 0.6 is 0 Å². The highest BCUT2D eigenvalue weighted by Gasteiger charge is 2.50. The molecular weight excluding hydrogens is 427 g/mol. The van der Waals surface area contributed by atoms with Crippen LogP contribution in [-0.2, 0) is 9.59 Å². The van der Waals surface area contributed by atoms with Gasteiger partial charge < -0.3 is 15.3 Å². The molecule has 11 heteroatoms. The monoisotopic (exact) mass is 459 g/mol. The van der Waals surface area contributed by atoms with Gasteiger partial charge in [0.2, 0.25) is 11.8 Å². The lowest BCUT2D eigenvalue weighted by molar-refractivity contribution is -0.203. The van der Waals surface area contributed by atoms with Gasteiger partial charge in [-0.1, -0.05) is 18.9 Å². The molecule has 2 saturated heterocycles. The fourth-order valence-electron chi connectivity index (χ4n) is 5.64. The van der Waals surface area contributed by atoms with Crippen LogP contribution in [-0.4, -0.2) is 83.5 Å². The van der Waals surface area contributed by atoms with Crippen LogP contribution in [0.25, 0.3) is 0 Å². The second kappa shape index (κ2) is 9.66. The van der Waals surface area contributed by atoms with Crippen molar-refractivity contribution in [1.82, 2.24) is 26.0 Å². The summed E-state index contributed by atoms with van der Waals surface area (Å²) >= 11 is 0. The third-order valence-corrected chi connectivity index (χ3v) is 7.24. The minimum Gasteiger partial charge on any atom is -0.395 e. The van der Waals surface area contributed by atoms with E-state index in [1.807, 2.05) is 0 Å². The maximum absolute atomic E-state index is 13.6. The molecule has 6 atom stereocenters. The maximum atomic E-state index is 13.6. The van der Waals surface area contributed by atoms with Crippen LogP contribution in [0.2, 0.25) is 0 Å². The third kappa shape index (κ3) is 4.95. The first kappa shape index (κ1) is 23.5. The summed E-state index contributed by atoms with van der Waals surface area (Å²) in [6.07, 6.45) is 2.19. The number of amides is 2. The van der Waals surface area contributed by atoms with Crippen molar-refractivity contribution in [3.8, 4) is 0 Å². The number of hydrogen-bond donors (Lipinski definition) is 4. The predicted molar refractivity (Wildman–Crippen MR) is 110 cm³/mol. The summed E-state index contributed by atoms with van der Waals surface area (Å²) in [5.41, 5.74) is 3.29. The van der Waals surface area contributed by atoms with E-state index in [0.717, 1.165) is 6.42 Å². The first-order valence-electron chi connectivity index (χ1n) is 11.5. The molecule has 4 N–H and O–H groups in total. The van der Waals surface area contributed by atoms with Gasteiger partial charge in [0.25, 0.3) is 0 Å². The normalized spacial score (nSPS) is 36.2. The van der Waals surface area contributed by atoms with Crippen molar-refractivity contribution in [3.05, 3.63) is 12.2 Å². The van der Waals surface area contributed by atoms with Crippen molar-refractivity contribution in [2.24, 2.45) is 11.8 Å². The Balaban J connectivity index is 1.39. The van der Waals surface area contributed by atoms with Gasteiger partial charge in [-0.25, -0.2) is 10.4 Å². The molecule has 0 bridgehead atoms. The lowest BCUT2D eigenvalue weighted by Gasteiger charge is -2.45. The van der Waals surface area contributed by atoms with Gasteiger partial charge in [0.15, 0.2) is 0 Å². The summed E-state index contributed by atoms with van der Waals surface area (Å²) < 4.78 is 40.9. The molecule has 3 heterocycles. The Kier molecular flexibility index (Phi) is 7.09. The van der Waals surface area contributed by atoms with Gasteiger partial charge in [-0.05, 0) is 31.6 Å². The first-order chi connectivity index (χ1) is 15.3. The Hall–Kier alpha value is -1.69. The predicted octanol–water partition coefficient (Wildman–Crippen LogP) is 0.498. The molecule has 3 fully saturated rings. The van der Waals surface area contributed by atoms with Crippen molar-refractivity contribution >= 4 is 11.8 Å². The highest BCUT2D eigenvalue weighted by molar-refractivity contribution is 5.89. The fraction of sp³-hybridized carbons (Fsp3) is 0.810. The topological polar surface area (TPSA) is 96.9 Å². The van der Waals surface area contributed by atoms with Crippen molar-refractivity contribution in [1.29, 1.82) is 0 Å². The van der Waals surface area contributed by atoms with Gasteiger partial charge in [-0.2, -0.15) is 13.2 Å². The average Bonchev–Trinajstić information content (AvgIpc) is 3.19. The number of nitrogens with one attached hydrogen (secondary N) is 3. The molecule has 0 aromatic rings. The zero-order valence-corrected chi connectivity index (χ0v) is 18.0. The van der Waals surface area contributed by atoms with E-state index in [4.69, 9.17) is 5.11 Å². The van der Waals surface area contributed by atoms with E-state index >= 15 is 0 Å². The van der Waals surface area contributed by atoms with E-state index < -0.39 is 24.1 Å². The number of rotatable bonds is 5. The van der Waals surface area contributed by atoms with Gasteiger partial charge in [0, 0.05) is 31.8 Å². The standard InChI is InChI=1S/C21H32F3N5O3/c22-21(23,24)15-4-2-1-3-14(15)16-6-7-18-25-11-17(29(18)27-16)20(32)26-13-5-8-19(31)28(12-13)9-10-30/h5,8,13-18,25,27,30H,1-4,6-7,9-12H2,(H,26,32). The van der Waals surface area contributed by atoms with Gasteiger partial charge in [-0.3, -0.25) is 14.9 Å².